The van der Waals surface area contributed by atoms with E-state index >= 15 is 0 Å². The molecule has 3 aromatic rings. The Bertz CT molecular complexity index is 1230. The largest absolute Gasteiger partial charge is 0.496 e. The summed E-state index contributed by atoms with van der Waals surface area (Å²) in [6.45, 7) is 4.28. The van der Waals surface area contributed by atoms with Crippen molar-refractivity contribution in [1.82, 2.24) is 10.2 Å². The maximum Gasteiger partial charge on any atom is 0.261 e. The molecule has 0 heterocycles. The van der Waals surface area contributed by atoms with Gasteiger partial charge < -0.3 is 24.4 Å². The number of carbonyl (C=O) groups is 2. The second-order valence-electron chi connectivity index (χ2n) is 9.44. The van der Waals surface area contributed by atoms with Crippen molar-refractivity contribution < 1.29 is 23.8 Å². The number of carbonyl (C=O) groups excluding carboxylic acids is 2. The number of hydrogen-bond acceptors (Lipinski definition) is 5. The second-order valence-corrected chi connectivity index (χ2v) is 10.3. The molecule has 0 fully saturated rings. The third-order valence-electron chi connectivity index (χ3n) is 6.00. The molecule has 1 atom stereocenters. The van der Waals surface area contributed by atoms with Crippen molar-refractivity contribution in [3.63, 3.8) is 0 Å². The van der Waals surface area contributed by atoms with Crippen LogP contribution in [0.15, 0.2) is 66.7 Å². The van der Waals surface area contributed by atoms with Gasteiger partial charge in [0.1, 0.15) is 23.3 Å². The summed E-state index contributed by atoms with van der Waals surface area (Å²) in [7, 11) is 3.07. The molecular formula is C30H34Cl2N2O5. The fourth-order valence-electron chi connectivity index (χ4n) is 3.90. The van der Waals surface area contributed by atoms with Gasteiger partial charge in [0.2, 0.25) is 5.91 Å². The van der Waals surface area contributed by atoms with Crippen LogP contribution in [0, 0.1) is 5.92 Å². The van der Waals surface area contributed by atoms with Crippen LogP contribution in [0.3, 0.4) is 0 Å². The van der Waals surface area contributed by atoms with Crippen LogP contribution < -0.4 is 19.5 Å². The third kappa shape index (κ3) is 9.08. The van der Waals surface area contributed by atoms with Gasteiger partial charge >= 0.3 is 0 Å². The summed E-state index contributed by atoms with van der Waals surface area (Å²) in [4.78, 5) is 28.8. The average molecular weight is 574 g/mol. The molecule has 0 aliphatic rings. The SMILES string of the molecule is COc1cc(OC)cc(OCC(=O)N(Cc2ccc(Cl)cc2Cl)[C@H](Cc2ccccc2)C(=O)NCC(C)C)c1. The Kier molecular flexibility index (Phi) is 11.3. The zero-order chi connectivity index (χ0) is 28.4. The molecule has 0 radical (unpaired) electrons. The summed E-state index contributed by atoms with van der Waals surface area (Å²) >= 11 is 12.6. The standard InChI is InChI=1S/C30H34Cl2N2O5/c1-20(2)17-33-30(36)28(12-21-8-6-5-7-9-21)34(18-22-10-11-23(31)13-27(22)32)29(35)19-39-26-15-24(37-3)14-25(16-26)38-4/h5-11,13-16,20,28H,12,17-19H2,1-4H3,(H,33,36)/t28-/m1/s1. The molecule has 0 aromatic heterocycles. The molecule has 0 spiro atoms. The Morgan fingerprint density at radius 2 is 1.54 bits per heavy atom. The first-order valence-corrected chi connectivity index (χ1v) is 13.4. The van der Waals surface area contributed by atoms with E-state index in [2.05, 4.69) is 5.32 Å². The van der Waals surface area contributed by atoms with E-state index in [-0.39, 0.29) is 30.9 Å². The van der Waals surface area contributed by atoms with Crippen LogP contribution in [0.1, 0.15) is 25.0 Å². The highest BCUT2D eigenvalue weighted by Gasteiger charge is 2.31. The first-order valence-electron chi connectivity index (χ1n) is 12.6. The number of nitrogens with one attached hydrogen (secondary N) is 1. The monoisotopic (exact) mass is 572 g/mol. The lowest BCUT2D eigenvalue weighted by molar-refractivity contribution is -0.142. The van der Waals surface area contributed by atoms with Crippen molar-refractivity contribution in [3.05, 3.63) is 87.9 Å². The van der Waals surface area contributed by atoms with Gasteiger partial charge in [0.15, 0.2) is 6.61 Å². The lowest BCUT2D eigenvalue weighted by Crippen LogP contribution is -2.52. The van der Waals surface area contributed by atoms with E-state index in [1.807, 2.05) is 44.2 Å². The fraction of sp³-hybridized carbons (Fsp3) is 0.333. The number of halogens is 2. The van der Waals surface area contributed by atoms with E-state index in [1.54, 1.807) is 36.4 Å². The van der Waals surface area contributed by atoms with Crippen LogP contribution in [-0.2, 0) is 22.6 Å². The molecule has 0 saturated carbocycles. The van der Waals surface area contributed by atoms with Crippen LogP contribution in [0.2, 0.25) is 10.0 Å². The van der Waals surface area contributed by atoms with Crippen LogP contribution in [-0.4, -0.2) is 50.1 Å². The zero-order valence-corrected chi connectivity index (χ0v) is 24.1. The van der Waals surface area contributed by atoms with Crippen molar-refractivity contribution in [2.24, 2.45) is 5.92 Å². The van der Waals surface area contributed by atoms with Gasteiger partial charge in [-0.3, -0.25) is 9.59 Å². The van der Waals surface area contributed by atoms with E-state index in [0.717, 1.165) is 5.56 Å². The van der Waals surface area contributed by atoms with E-state index in [9.17, 15) is 9.59 Å². The minimum Gasteiger partial charge on any atom is -0.496 e. The van der Waals surface area contributed by atoms with Crippen molar-refractivity contribution >= 4 is 35.0 Å². The summed E-state index contributed by atoms with van der Waals surface area (Å²) in [6, 6.07) is 18.9. The van der Waals surface area contributed by atoms with Crippen LogP contribution in [0.25, 0.3) is 0 Å². The highest BCUT2D eigenvalue weighted by atomic mass is 35.5. The lowest BCUT2D eigenvalue weighted by Gasteiger charge is -2.32. The van der Waals surface area contributed by atoms with Gasteiger partial charge in [0, 0.05) is 47.8 Å². The molecule has 3 rings (SSSR count). The summed E-state index contributed by atoms with van der Waals surface area (Å²) in [6.07, 6.45) is 0.314. The van der Waals surface area contributed by atoms with Crippen LogP contribution in [0.4, 0.5) is 0 Å². The highest BCUT2D eigenvalue weighted by Crippen LogP contribution is 2.28. The Morgan fingerprint density at radius 3 is 2.13 bits per heavy atom. The third-order valence-corrected chi connectivity index (χ3v) is 6.59. The number of rotatable bonds is 13. The molecule has 9 heteroatoms. The minimum atomic E-state index is -0.811. The van der Waals surface area contributed by atoms with Gasteiger partial charge in [-0.2, -0.15) is 0 Å². The molecule has 208 valence electrons. The summed E-state index contributed by atoms with van der Waals surface area (Å²) in [5.41, 5.74) is 1.58. The molecule has 0 bridgehead atoms. The molecule has 3 aromatic carbocycles. The van der Waals surface area contributed by atoms with Gasteiger partial charge in [0.05, 0.1) is 14.2 Å². The van der Waals surface area contributed by atoms with Crippen molar-refractivity contribution in [1.29, 1.82) is 0 Å². The second kappa shape index (κ2) is 14.7. The van der Waals surface area contributed by atoms with Gasteiger partial charge in [-0.05, 0) is 29.2 Å². The number of ether oxygens (including phenoxy) is 3. The summed E-state index contributed by atoms with van der Waals surface area (Å²) < 4.78 is 16.5. The minimum absolute atomic E-state index is 0.0895. The number of methoxy groups -OCH3 is 2. The van der Waals surface area contributed by atoms with E-state index < -0.39 is 6.04 Å². The molecular weight excluding hydrogens is 539 g/mol. The topological polar surface area (TPSA) is 77.1 Å². The lowest BCUT2D eigenvalue weighted by atomic mass is 10.0. The first-order chi connectivity index (χ1) is 18.7. The number of nitrogens with zero attached hydrogens (tertiary/aromatic N) is 1. The van der Waals surface area contributed by atoms with E-state index in [0.29, 0.717) is 45.8 Å². The number of amides is 2. The highest BCUT2D eigenvalue weighted by molar-refractivity contribution is 6.35. The van der Waals surface area contributed by atoms with E-state index in [1.165, 1.54) is 19.1 Å². The van der Waals surface area contributed by atoms with Gasteiger partial charge in [-0.25, -0.2) is 0 Å². The first kappa shape index (κ1) is 30.1. The van der Waals surface area contributed by atoms with Gasteiger partial charge in [0.25, 0.3) is 5.91 Å². The predicted octanol–water partition coefficient (Wildman–Crippen LogP) is 5.80. The fourth-order valence-corrected chi connectivity index (χ4v) is 4.37. The van der Waals surface area contributed by atoms with Gasteiger partial charge in [-0.1, -0.05) is 73.4 Å². The molecule has 0 unspecified atom stereocenters. The maximum absolute atomic E-state index is 13.8. The Morgan fingerprint density at radius 1 is 0.897 bits per heavy atom. The van der Waals surface area contributed by atoms with Crippen LogP contribution in [0.5, 0.6) is 17.2 Å². The number of hydrogen-bond donors (Lipinski definition) is 1. The van der Waals surface area contributed by atoms with E-state index in [4.69, 9.17) is 37.4 Å². The quantitative estimate of drug-likeness (QED) is 0.280. The summed E-state index contributed by atoms with van der Waals surface area (Å²) in [5, 5.41) is 3.87. The smallest absolute Gasteiger partial charge is 0.261 e. The Labute approximate surface area is 240 Å². The molecule has 2 amide bonds. The predicted molar refractivity (Wildman–Crippen MR) is 154 cm³/mol. The Balaban J connectivity index is 1.94. The maximum atomic E-state index is 13.8. The number of benzene rings is 3. The molecule has 0 saturated heterocycles. The summed E-state index contributed by atoms with van der Waals surface area (Å²) in [5.74, 6) is 1.05. The average Bonchev–Trinajstić information content (AvgIpc) is 2.93. The van der Waals surface area contributed by atoms with Crippen LogP contribution >= 0.6 is 23.2 Å². The van der Waals surface area contributed by atoms with Gasteiger partial charge in [-0.15, -0.1) is 0 Å². The molecule has 7 nitrogen and oxygen atoms in total. The molecule has 0 aliphatic heterocycles. The Hall–Kier alpha value is -3.42. The van der Waals surface area contributed by atoms with Crippen molar-refractivity contribution in [3.8, 4) is 17.2 Å². The normalized spacial score (nSPS) is 11.6. The van der Waals surface area contributed by atoms with Crippen molar-refractivity contribution in [2.45, 2.75) is 32.9 Å². The van der Waals surface area contributed by atoms with Crippen molar-refractivity contribution in [2.75, 3.05) is 27.4 Å². The zero-order valence-electron chi connectivity index (χ0n) is 22.6. The molecule has 39 heavy (non-hydrogen) atoms. The molecule has 1 N–H and O–H groups in total. The molecule has 0 aliphatic carbocycles.